The molecule has 1 amide bonds. The van der Waals surface area contributed by atoms with Crippen molar-refractivity contribution < 1.29 is 4.79 Å². The van der Waals surface area contributed by atoms with Crippen molar-refractivity contribution in [1.29, 1.82) is 0 Å². The number of rotatable bonds is 5. The lowest BCUT2D eigenvalue weighted by atomic mass is 10.0. The monoisotopic (exact) mass is 169 g/mol. The van der Waals surface area contributed by atoms with E-state index in [1.165, 1.54) is 25.7 Å². The third kappa shape index (κ3) is 2.23. The Labute approximate surface area is 74.9 Å². The summed E-state index contributed by atoms with van der Waals surface area (Å²) >= 11 is 0. The van der Waals surface area contributed by atoms with Gasteiger partial charge in [-0.3, -0.25) is 4.79 Å². The lowest BCUT2D eigenvalue weighted by molar-refractivity contribution is -0.144. The molecule has 0 radical (unpaired) electrons. The molecule has 1 aliphatic rings. The highest BCUT2D eigenvalue weighted by atomic mass is 16.2. The molecule has 2 heteroatoms. The topological polar surface area (TPSA) is 20.3 Å². The smallest absolute Gasteiger partial charge is 0.224 e. The predicted molar refractivity (Wildman–Crippen MR) is 49.9 cm³/mol. The Kier molecular flexibility index (Phi) is 3.57. The van der Waals surface area contributed by atoms with E-state index < -0.39 is 0 Å². The molecule has 0 bridgehead atoms. The molecule has 2 nitrogen and oxygen atoms in total. The Balaban J connectivity index is 2.03. The van der Waals surface area contributed by atoms with E-state index in [1.54, 1.807) is 0 Å². The van der Waals surface area contributed by atoms with Gasteiger partial charge in [0.15, 0.2) is 0 Å². The van der Waals surface area contributed by atoms with Crippen LogP contribution in [0.4, 0.5) is 0 Å². The summed E-state index contributed by atoms with van der Waals surface area (Å²) in [5.74, 6) is 0.346. The van der Waals surface area contributed by atoms with Gasteiger partial charge >= 0.3 is 0 Å². The van der Waals surface area contributed by atoms with E-state index in [2.05, 4.69) is 13.8 Å². The van der Waals surface area contributed by atoms with Crippen LogP contribution >= 0.6 is 0 Å². The van der Waals surface area contributed by atoms with Gasteiger partial charge in [0, 0.05) is 19.0 Å². The van der Waals surface area contributed by atoms with Gasteiger partial charge in [0.25, 0.3) is 0 Å². The Morgan fingerprint density at radius 2 is 2.17 bits per heavy atom. The fraction of sp³-hybridized carbons (Fsp3) is 0.900. The van der Waals surface area contributed by atoms with E-state index in [9.17, 15) is 4.79 Å². The van der Waals surface area contributed by atoms with Crippen molar-refractivity contribution in [3.05, 3.63) is 0 Å². The molecule has 0 aromatic rings. The second-order valence-corrected chi connectivity index (χ2v) is 3.70. The molecule has 0 aliphatic carbocycles. The van der Waals surface area contributed by atoms with E-state index in [-0.39, 0.29) is 0 Å². The summed E-state index contributed by atoms with van der Waals surface area (Å²) in [4.78, 5) is 13.0. The fourth-order valence-electron chi connectivity index (χ4n) is 1.67. The zero-order valence-corrected chi connectivity index (χ0v) is 8.18. The predicted octanol–water partition coefficient (Wildman–Crippen LogP) is 2.19. The van der Waals surface area contributed by atoms with Gasteiger partial charge in [0.1, 0.15) is 0 Å². The van der Waals surface area contributed by atoms with Crippen molar-refractivity contribution in [2.24, 2.45) is 0 Å². The van der Waals surface area contributed by atoms with Gasteiger partial charge in [-0.2, -0.15) is 0 Å². The van der Waals surface area contributed by atoms with Gasteiger partial charge in [-0.05, 0) is 13.3 Å². The maximum Gasteiger partial charge on any atom is 0.224 e. The zero-order chi connectivity index (χ0) is 8.97. The van der Waals surface area contributed by atoms with Crippen molar-refractivity contribution in [3.8, 4) is 0 Å². The van der Waals surface area contributed by atoms with Crippen LogP contribution < -0.4 is 0 Å². The molecular weight excluding hydrogens is 150 g/mol. The number of carbonyl (C=O) groups excluding carboxylic acids is 1. The van der Waals surface area contributed by atoms with Crippen molar-refractivity contribution >= 4 is 5.91 Å². The van der Waals surface area contributed by atoms with Crippen molar-refractivity contribution in [2.45, 2.75) is 52.0 Å². The van der Waals surface area contributed by atoms with E-state index in [4.69, 9.17) is 0 Å². The van der Waals surface area contributed by atoms with Gasteiger partial charge in [-0.25, -0.2) is 0 Å². The van der Waals surface area contributed by atoms with Crippen LogP contribution in [-0.2, 0) is 4.79 Å². The third-order valence-electron chi connectivity index (χ3n) is 2.58. The summed E-state index contributed by atoms with van der Waals surface area (Å²) in [6.45, 7) is 5.32. The second kappa shape index (κ2) is 4.48. The van der Waals surface area contributed by atoms with E-state index in [1.807, 2.05) is 4.90 Å². The largest absolute Gasteiger partial charge is 0.339 e. The highest BCUT2D eigenvalue weighted by molar-refractivity contribution is 5.82. The zero-order valence-electron chi connectivity index (χ0n) is 8.18. The minimum atomic E-state index is 0.346. The van der Waals surface area contributed by atoms with Crippen LogP contribution in [0.3, 0.4) is 0 Å². The molecule has 12 heavy (non-hydrogen) atoms. The summed E-state index contributed by atoms with van der Waals surface area (Å²) in [5, 5.41) is 0. The molecule has 70 valence electrons. The molecule has 1 atom stereocenters. The van der Waals surface area contributed by atoms with Gasteiger partial charge in [-0.15, -0.1) is 0 Å². The Morgan fingerprint density at radius 1 is 1.42 bits per heavy atom. The molecule has 1 heterocycles. The number of nitrogens with zero attached hydrogens (tertiary/aromatic N) is 1. The first-order valence-corrected chi connectivity index (χ1v) is 5.05. The summed E-state index contributed by atoms with van der Waals surface area (Å²) in [6, 6.07) is 0.513. The SMILES string of the molecule is CCCCCCN1C(=O)C[C@H]1C. The number of amides is 1. The highest BCUT2D eigenvalue weighted by Gasteiger charge is 2.30. The van der Waals surface area contributed by atoms with Crippen LogP contribution in [0.1, 0.15) is 46.0 Å². The van der Waals surface area contributed by atoms with Crippen LogP contribution in [0, 0.1) is 0 Å². The first kappa shape index (κ1) is 9.56. The summed E-state index contributed by atoms with van der Waals surface area (Å²) in [6.07, 6.45) is 5.80. The number of unbranched alkanes of at least 4 members (excludes halogenated alkanes) is 3. The third-order valence-corrected chi connectivity index (χ3v) is 2.58. The Morgan fingerprint density at radius 3 is 2.67 bits per heavy atom. The fourth-order valence-corrected chi connectivity index (χ4v) is 1.67. The molecule has 0 unspecified atom stereocenters. The Hall–Kier alpha value is -0.530. The number of hydrogen-bond donors (Lipinski definition) is 0. The van der Waals surface area contributed by atoms with Gasteiger partial charge in [0.05, 0.1) is 0 Å². The van der Waals surface area contributed by atoms with Crippen molar-refractivity contribution in [2.75, 3.05) is 6.54 Å². The average molecular weight is 169 g/mol. The maximum atomic E-state index is 11.0. The molecule has 1 rings (SSSR count). The van der Waals surface area contributed by atoms with E-state index in [0.29, 0.717) is 11.9 Å². The molecule has 0 N–H and O–H groups in total. The lowest BCUT2D eigenvalue weighted by Crippen LogP contribution is -2.51. The highest BCUT2D eigenvalue weighted by Crippen LogP contribution is 2.18. The quantitative estimate of drug-likeness (QED) is 0.456. The molecule has 0 aromatic carbocycles. The maximum absolute atomic E-state index is 11.0. The lowest BCUT2D eigenvalue weighted by Gasteiger charge is -2.38. The summed E-state index contributed by atoms with van der Waals surface area (Å²) < 4.78 is 0. The average Bonchev–Trinajstić information content (AvgIpc) is 2.04. The van der Waals surface area contributed by atoms with Gasteiger partial charge < -0.3 is 4.90 Å². The van der Waals surface area contributed by atoms with Gasteiger partial charge in [-0.1, -0.05) is 26.2 Å². The molecule has 0 saturated carbocycles. The number of β-lactam (4-membered cyclic amide) rings is 1. The molecule has 1 saturated heterocycles. The van der Waals surface area contributed by atoms with Crippen molar-refractivity contribution in [3.63, 3.8) is 0 Å². The van der Waals surface area contributed by atoms with Crippen LogP contribution in [0.15, 0.2) is 0 Å². The molecule has 0 aromatic heterocycles. The summed E-state index contributed by atoms with van der Waals surface area (Å²) in [7, 11) is 0. The first-order valence-electron chi connectivity index (χ1n) is 5.05. The molecule has 1 aliphatic heterocycles. The first-order chi connectivity index (χ1) is 5.75. The van der Waals surface area contributed by atoms with E-state index >= 15 is 0 Å². The number of carbonyl (C=O) groups is 1. The molecular formula is C10H19NO. The Bertz CT molecular complexity index is 156. The number of hydrogen-bond acceptors (Lipinski definition) is 1. The molecule has 1 fully saturated rings. The standard InChI is InChI=1S/C10H19NO/c1-3-4-5-6-7-11-9(2)8-10(11)12/h9H,3-8H2,1-2H3/t9-/m1/s1. The summed E-state index contributed by atoms with van der Waals surface area (Å²) in [5.41, 5.74) is 0. The number of likely N-dealkylation sites (tertiary alicyclic amines) is 1. The van der Waals surface area contributed by atoms with Crippen LogP contribution in [-0.4, -0.2) is 23.4 Å². The van der Waals surface area contributed by atoms with Crippen LogP contribution in [0.5, 0.6) is 0 Å². The van der Waals surface area contributed by atoms with Crippen LogP contribution in [0.2, 0.25) is 0 Å². The minimum Gasteiger partial charge on any atom is -0.339 e. The van der Waals surface area contributed by atoms with E-state index in [0.717, 1.165) is 13.0 Å². The minimum absolute atomic E-state index is 0.346. The second-order valence-electron chi connectivity index (χ2n) is 3.70. The van der Waals surface area contributed by atoms with Crippen molar-refractivity contribution in [1.82, 2.24) is 4.90 Å². The van der Waals surface area contributed by atoms with Crippen LogP contribution in [0.25, 0.3) is 0 Å². The van der Waals surface area contributed by atoms with Gasteiger partial charge in [0.2, 0.25) is 5.91 Å². The normalized spacial score (nSPS) is 22.7. The molecule has 0 spiro atoms.